The fraction of sp³-hybridized carbons (Fsp3) is 0.368. The average Bonchev–Trinajstić information content (AvgIpc) is 2.67. The minimum Gasteiger partial charge on any atom is -0.0623 e. The third-order valence-electron chi connectivity index (χ3n) is 3.99. The molecule has 4 nitrogen and oxygen atoms in total. The van der Waals surface area contributed by atoms with E-state index in [-0.39, 0.29) is 17.0 Å². The maximum absolute atomic E-state index is 12.1. The van der Waals surface area contributed by atoms with E-state index in [1.54, 1.807) is 24.3 Å². The van der Waals surface area contributed by atoms with Crippen LogP contribution in [0.5, 0.6) is 0 Å². The topological polar surface area (TPSA) is 72.0 Å². The average molecular weight is 481 g/mol. The number of halogens is 1. The van der Waals surface area contributed by atoms with E-state index in [0.29, 0.717) is 6.42 Å². The largest absolute Gasteiger partial charge is 0.0623 e. The molecule has 0 saturated heterocycles. The van der Waals surface area contributed by atoms with Gasteiger partial charge in [0, 0.05) is 4.90 Å². The maximum Gasteiger partial charge on any atom is -0.0623 e. The number of hydrogen-bond acceptors (Lipinski definition) is 2. The van der Waals surface area contributed by atoms with Crippen LogP contribution < -0.4 is 0 Å². The number of nitrogens with zero attached hydrogens (tertiary/aromatic N) is 1. The summed E-state index contributed by atoms with van der Waals surface area (Å²) in [6.45, 7) is 1.91. The zero-order valence-corrected chi connectivity index (χ0v) is 18.0. The quantitative estimate of drug-likeness (QED) is 0.521. The van der Waals surface area contributed by atoms with Gasteiger partial charge in [-0.25, -0.2) is 8.42 Å². The van der Waals surface area contributed by atoms with E-state index in [9.17, 15) is 8.42 Å². The Balaban J connectivity index is 0.000000353. The van der Waals surface area contributed by atoms with Crippen LogP contribution in [0.4, 0.5) is 0 Å². The monoisotopic (exact) mass is 481 g/mol. The number of nitrogens with one attached hydrogen (secondary N) is 1. The predicted octanol–water partition coefficient (Wildman–Crippen LogP) is 5.79. The van der Waals surface area contributed by atoms with Gasteiger partial charge in [-0.15, -0.1) is 6.04 Å². The molecule has 143 valence electrons. The van der Waals surface area contributed by atoms with Crippen molar-refractivity contribution in [3.63, 3.8) is 0 Å². The van der Waals surface area contributed by atoms with E-state index in [1.807, 2.05) is 60.6 Å². The van der Waals surface area contributed by atoms with Crippen molar-refractivity contribution in [3.05, 3.63) is 76.7 Å². The molecule has 0 heterocycles. The molecule has 2 aromatic rings. The molecule has 0 amide bonds. The van der Waals surface area contributed by atoms with Gasteiger partial charge in [0.25, 0.3) is 0 Å². The molecule has 1 aliphatic rings. The van der Waals surface area contributed by atoms with Gasteiger partial charge in [-0.1, -0.05) is 79.8 Å². The minimum absolute atomic E-state index is 0.228. The summed E-state index contributed by atoms with van der Waals surface area (Å²) in [5.74, 6) is 0. The fourth-order valence-corrected chi connectivity index (χ4v) is 3.78. The van der Waals surface area contributed by atoms with Crippen LogP contribution >= 0.6 is 9.69 Å². The van der Waals surface area contributed by atoms with Gasteiger partial charge in [0.15, 0.2) is 0 Å². The van der Waals surface area contributed by atoms with Crippen LogP contribution in [0, 0.1) is 6.92 Å². The third kappa shape index (κ3) is 8.28. The molecule has 0 aliphatic heterocycles. The Hall–Kier alpha value is -0.777. The summed E-state index contributed by atoms with van der Waals surface area (Å²) < 4.78 is 28.1. The molecule has 1 N–H and O–H groups in total. The number of sulfonamides is 1. The van der Waals surface area contributed by atoms with Crippen molar-refractivity contribution >= 4 is 19.7 Å². The maximum atomic E-state index is 12.1. The third-order valence-corrected chi connectivity index (χ3v) is 5.41. The molecule has 3 rings (SSSR count). The zero-order chi connectivity index (χ0) is 19.4. The van der Waals surface area contributed by atoms with Crippen molar-refractivity contribution in [2.24, 2.45) is 0 Å². The minimum atomic E-state index is -3.60. The van der Waals surface area contributed by atoms with E-state index < -0.39 is 10.0 Å². The number of benzene rings is 2. The molecule has 0 aromatic heterocycles. The molecular weight excluding hydrogens is 457 g/mol. The second-order valence-corrected chi connectivity index (χ2v) is 7.64. The van der Waals surface area contributed by atoms with Gasteiger partial charge in [-0.05, 0) is 19.1 Å². The molecule has 0 bridgehead atoms. The summed E-state index contributed by atoms with van der Waals surface area (Å²) in [6, 6.07) is 17.9. The Kier molecular flexibility index (Phi) is 11.3. The van der Waals surface area contributed by atoms with Gasteiger partial charge in [-0.3, -0.25) is 0 Å². The first kappa shape index (κ1) is 23.3. The van der Waals surface area contributed by atoms with E-state index in [0.717, 1.165) is 24.8 Å². The Morgan fingerprint density at radius 2 is 1.42 bits per heavy atom. The number of hydrogen-bond donors (Lipinski definition) is 0. The van der Waals surface area contributed by atoms with Crippen LogP contribution in [-0.4, -0.2) is 20.5 Å². The predicted molar refractivity (Wildman–Crippen MR) is 104 cm³/mol. The SMILES string of the molecule is Cc1ccc(S(=O)(=O)[N-][C@H]2CCCC[C@@H]2[NH-])cc1.[Cl][Ru+2].c1ccccc1. The molecule has 0 unspecified atom stereocenters. The summed E-state index contributed by atoms with van der Waals surface area (Å²) in [4.78, 5) is 0.228. The van der Waals surface area contributed by atoms with Gasteiger partial charge in [0.1, 0.15) is 10.0 Å². The molecule has 2 atom stereocenters. The molecule has 26 heavy (non-hydrogen) atoms. The van der Waals surface area contributed by atoms with Gasteiger partial charge in [-0.2, -0.15) is 6.04 Å². The van der Waals surface area contributed by atoms with Crippen LogP contribution in [-0.2, 0) is 27.3 Å². The first-order chi connectivity index (χ1) is 12.5. The smallest absolute Gasteiger partial charge is 0.0623 e. The second-order valence-electron chi connectivity index (χ2n) is 6.01. The van der Waals surface area contributed by atoms with Gasteiger partial charge in [0.05, 0.1) is 0 Å². The molecule has 2 aromatic carbocycles. The van der Waals surface area contributed by atoms with Crippen LogP contribution in [0.25, 0.3) is 10.5 Å². The van der Waals surface area contributed by atoms with Crippen molar-refractivity contribution in [1.82, 2.24) is 0 Å². The van der Waals surface area contributed by atoms with Crippen LogP contribution in [0.2, 0.25) is 0 Å². The molecule has 7 heteroatoms. The number of rotatable bonds is 3. The summed E-state index contributed by atoms with van der Waals surface area (Å²) in [7, 11) is 0.964. The van der Waals surface area contributed by atoms with Gasteiger partial charge < -0.3 is 10.5 Å². The normalized spacial score (nSPS) is 19.3. The molecule has 1 saturated carbocycles. The van der Waals surface area contributed by atoms with Crippen molar-refractivity contribution < 1.29 is 25.7 Å². The zero-order valence-electron chi connectivity index (χ0n) is 14.7. The van der Waals surface area contributed by atoms with Crippen molar-refractivity contribution in [3.8, 4) is 0 Å². The van der Waals surface area contributed by atoms with Crippen molar-refractivity contribution in [2.45, 2.75) is 49.6 Å². The molecule has 1 aliphatic carbocycles. The summed E-state index contributed by atoms with van der Waals surface area (Å²) in [5.41, 5.74) is 8.87. The Morgan fingerprint density at radius 3 is 1.88 bits per heavy atom. The van der Waals surface area contributed by atoms with Gasteiger partial charge in [0.2, 0.25) is 0 Å². The molecule has 0 radical (unpaired) electrons. The first-order valence-electron chi connectivity index (χ1n) is 8.37. The van der Waals surface area contributed by atoms with Crippen LogP contribution in [0.3, 0.4) is 0 Å². The summed E-state index contributed by atoms with van der Waals surface area (Å²) in [5, 5.41) is 0. The standard InChI is InChI=1S/C13H18N2O2S.C6H6.ClH.Ru/c1-10-6-8-11(9-7-10)18(16,17)15-13-5-3-2-4-12(13)14;1-2-4-6-5-3-1;;/h6-9,12-14H,2-5H2,1H3;1-6H;1H;/q-2;;;+3/p-1/t12-,13-;;;/m0.../s1. The molecule has 0 spiro atoms. The van der Waals surface area contributed by atoms with E-state index in [1.165, 1.54) is 0 Å². The van der Waals surface area contributed by atoms with Crippen LogP contribution in [0.15, 0.2) is 65.6 Å². The Labute approximate surface area is 171 Å². The summed E-state index contributed by atoms with van der Waals surface area (Å²) in [6.07, 6.45) is 3.43. The molecular formula is C19H24ClN2O2RuS. The Morgan fingerprint density at radius 1 is 0.962 bits per heavy atom. The van der Waals surface area contributed by atoms with Crippen molar-refractivity contribution in [1.29, 1.82) is 0 Å². The van der Waals surface area contributed by atoms with E-state index in [4.69, 9.17) is 5.73 Å². The van der Waals surface area contributed by atoms with Crippen LogP contribution in [0.1, 0.15) is 31.2 Å². The van der Waals surface area contributed by atoms with E-state index >= 15 is 0 Å². The first-order valence-corrected chi connectivity index (χ1v) is 12.0. The number of aryl methyl sites for hydroxylation is 1. The van der Waals surface area contributed by atoms with Crippen molar-refractivity contribution in [2.75, 3.05) is 0 Å². The van der Waals surface area contributed by atoms with E-state index in [2.05, 4.69) is 14.4 Å². The fourth-order valence-electron chi connectivity index (χ4n) is 2.57. The summed E-state index contributed by atoms with van der Waals surface area (Å²) >= 11 is 1.82. The van der Waals surface area contributed by atoms with Gasteiger partial charge >= 0.3 is 27.0 Å². The Bertz CT molecular complexity index is 685. The molecule has 1 fully saturated rings. The second kappa shape index (κ2) is 12.6.